The maximum absolute atomic E-state index is 11.6. The first-order valence-corrected chi connectivity index (χ1v) is 9.43. The summed E-state index contributed by atoms with van der Waals surface area (Å²) in [6, 6.07) is 0. The molecule has 2 N–H and O–H groups in total. The van der Waals surface area contributed by atoms with Crippen molar-refractivity contribution >= 4 is 35.8 Å². The quantitative estimate of drug-likeness (QED) is 0.397. The first kappa shape index (κ1) is 19.8. The van der Waals surface area contributed by atoms with E-state index in [-0.39, 0.29) is 35.3 Å². The van der Waals surface area contributed by atoms with Gasteiger partial charge in [-0.1, -0.05) is 32.1 Å². The molecule has 0 bridgehead atoms. The van der Waals surface area contributed by atoms with Crippen LogP contribution in [0.4, 0.5) is 0 Å². The van der Waals surface area contributed by atoms with Crippen LogP contribution in [0, 0.1) is 11.3 Å². The Hall–Kier alpha value is -0.530. The number of hydrogen-bond acceptors (Lipinski definition) is 2. The number of carbonyl (C=O) groups is 1. The number of guanidine groups is 1. The van der Waals surface area contributed by atoms with Crippen molar-refractivity contribution in [1.29, 1.82) is 0 Å². The Bertz CT molecular complexity index is 450. The minimum atomic E-state index is 0. The van der Waals surface area contributed by atoms with E-state index < -0.39 is 0 Å². The van der Waals surface area contributed by atoms with Crippen molar-refractivity contribution in [3.63, 3.8) is 0 Å². The van der Waals surface area contributed by atoms with Crippen LogP contribution in [0.2, 0.25) is 0 Å². The van der Waals surface area contributed by atoms with Gasteiger partial charge in [0.2, 0.25) is 5.91 Å². The zero-order chi connectivity index (χ0) is 16.1. The normalized spacial score (nSPS) is 28.6. The third-order valence-electron chi connectivity index (χ3n) is 5.93. The van der Waals surface area contributed by atoms with Crippen molar-refractivity contribution in [3.8, 4) is 0 Å². The second kappa shape index (κ2) is 9.25. The molecule has 1 amide bonds. The van der Waals surface area contributed by atoms with Gasteiger partial charge in [-0.3, -0.25) is 9.79 Å². The highest BCUT2D eigenvalue weighted by molar-refractivity contribution is 14.0. The molecule has 1 saturated carbocycles. The summed E-state index contributed by atoms with van der Waals surface area (Å²) in [6.07, 6.45) is 11.3. The minimum Gasteiger partial charge on any atom is -0.356 e. The predicted molar refractivity (Wildman–Crippen MR) is 109 cm³/mol. The zero-order valence-corrected chi connectivity index (χ0v) is 17.3. The molecule has 0 radical (unpaired) electrons. The number of hydrogen-bond donors (Lipinski definition) is 2. The SMILES string of the molecule is CN=C(NCCC1CCCCC1)N1CCCC2(CNC(=O)C2)C1.I. The van der Waals surface area contributed by atoms with Crippen molar-refractivity contribution < 1.29 is 4.79 Å². The predicted octanol–water partition coefficient (Wildman–Crippen LogP) is 2.75. The van der Waals surface area contributed by atoms with Crippen molar-refractivity contribution in [2.24, 2.45) is 16.3 Å². The van der Waals surface area contributed by atoms with Crippen molar-refractivity contribution in [1.82, 2.24) is 15.5 Å². The van der Waals surface area contributed by atoms with Crippen LogP contribution in [0.1, 0.15) is 57.8 Å². The molecule has 6 heteroatoms. The lowest BCUT2D eigenvalue weighted by Crippen LogP contribution is -2.51. The fraction of sp³-hybridized carbons (Fsp3) is 0.889. The number of likely N-dealkylation sites (tertiary alicyclic amines) is 1. The van der Waals surface area contributed by atoms with E-state index in [0.29, 0.717) is 6.42 Å². The maximum atomic E-state index is 11.6. The van der Waals surface area contributed by atoms with Gasteiger partial charge >= 0.3 is 0 Å². The fourth-order valence-electron chi connectivity index (χ4n) is 4.63. The Balaban J connectivity index is 0.00000208. The van der Waals surface area contributed by atoms with E-state index >= 15 is 0 Å². The largest absolute Gasteiger partial charge is 0.356 e. The number of halogens is 1. The molecule has 1 aliphatic carbocycles. The van der Waals surface area contributed by atoms with E-state index in [2.05, 4.69) is 20.5 Å². The molecule has 5 nitrogen and oxygen atoms in total. The number of rotatable bonds is 3. The van der Waals surface area contributed by atoms with Gasteiger partial charge in [0.15, 0.2) is 5.96 Å². The zero-order valence-electron chi connectivity index (χ0n) is 15.0. The molecule has 1 spiro atoms. The molecule has 2 heterocycles. The summed E-state index contributed by atoms with van der Waals surface area (Å²) in [5, 5.41) is 6.59. The van der Waals surface area contributed by atoms with Crippen LogP contribution in [0.3, 0.4) is 0 Å². The van der Waals surface area contributed by atoms with E-state index in [1.165, 1.54) is 38.5 Å². The van der Waals surface area contributed by atoms with Crippen molar-refractivity contribution in [3.05, 3.63) is 0 Å². The van der Waals surface area contributed by atoms with Gasteiger partial charge in [-0.25, -0.2) is 0 Å². The van der Waals surface area contributed by atoms with Gasteiger partial charge in [0.05, 0.1) is 0 Å². The lowest BCUT2D eigenvalue weighted by molar-refractivity contribution is -0.119. The number of aliphatic imine (C=N–C) groups is 1. The molecular weight excluding hydrogens is 415 g/mol. The van der Waals surface area contributed by atoms with Crippen LogP contribution in [-0.2, 0) is 4.79 Å². The maximum Gasteiger partial charge on any atom is 0.220 e. The Labute approximate surface area is 163 Å². The third kappa shape index (κ3) is 4.99. The molecule has 138 valence electrons. The smallest absolute Gasteiger partial charge is 0.220 e. The Morgan fingerprint density at radius 1 is 1.33 bits per heavy atom. The molecule has 1 atom stereocenters. The summed E-state index contributed by atoms with van der Waals surface area (Å²) < 4.78 is 0. The molecule has 3 fully saturated rings. The molecule has 24 heavy (non-hydrogen) atoms. The van der Waals surface area contributed by atoms with Gasteiger partial charge in [-0.15, -0.1) is 24.0 Å². The molecule has 3 rings (SSSR count). The molecule has 0 aromatic carbocycles. The number of nitrogens with zero attached hydrogens (tertiary/aromatic N) is 2. The Kier molecular flexibility index (Phi) is 7.62. The molecule has 1 unspecified atom stereocenters. The standard InChI is InChI=1S/C18H32N4O.HI/c1-19-17(20-10-8-15-6-3-2-4-7-15)22-11-5-9-18(14-22)12-16(23)21-13-18;/h15H,2-14H2,1H3,(H,19,20)(H,21,23);1H. The van der Waals surface area contributed by atoms with E-state index in [1.807, 2.05) is 7.05 Å². The number of piperidine rings is 1. The van der Waals surface area contributed by atoms with E-state index in [1.54, 1.807) is 0 Å². The van der Waals surface area contributed by atoms with Gasteiger partial charge < -0.3 is 15.5 Å². The number of amides is 1. The summed E-state index contributed by atoms with van der Waals surface area (Å²) in [5.74, 6) is 2.14. The second-order valence-corrected chi connectivity index (χ2v) is 7.75. The highest BCUT2D eigenvalue weighted by Gasteiger charge is 2.42. The van der Waals surface area contributed by atoms with Gasteiger partial charge in [0, 0.05) is 45.1 Å². The van der Waals surface area contributed by atoms with Gasteiger partial charge in [0.25, 0.3) is 0 Å². The summed E-state index contributed by atoms with van der Waals surface area (Å²) in [5.41, 5.74) is 0.135. The van der Waals surface area contributed by atoms with Crippen LogP contribution in [0.5, 0.6) is 0 Å². The molecular formula is C18H33IN4O. The highest BCUT2D eigenvalue weighted by Crippen LogP contribution is 2.36. The van der Waals surface area contributed by atoms with Gasteiger partial charge in [-0.05, 0) is 25.2 Å². The molecule has 2 saturated heterocycles. The third-order valence-corrected chi connectivity index (χ3v) is 5.93. The highest BCUT2D eigenvalue weighted by atomic mass is 127. The van der Waals surface area contributed by atoms with Crippen molar-refractivity contribution in [2.45, 2.75) is 57.8 Å². The summed E-state index contributed by atoms with van der Waals surface area (Å²) in [7, 11) is 1.88. The topological polar surface area (TPSA) is 56.7 Å². The first-order chi connectivity index (χ1) is 11.2. The van der Waals surface area contributed by atoms with Crippen molar-refractivity contribution in [2.75, 3.05) is 33.2 Å². The van der Waals surface area contributed by atoms with E-state index in [0.717, 1.165) is 50.9 Å². The first-order valence-electron chi connectivity index (χ1n) is 9.43. The fourth-order valence-corrected chi connectivity index (χ4v) is 4.63. The van der Waals surface area contributed by atoms with Crippen LogP contribution < -0.4 is 10.6 Å². The van der Waals surface area contributed by atoms with Crippen LogP contribution in [0.15, 0.2) is 4.99 Å². The van der Waals surface area contributed by atoms with Gasteiger partial charge in [0.1, 0.15) is 0 Å². The lowest BCUT2D eigenvalue weighted by atomic mass is 9.79. The Morgan fingerprint density at radius 3 is 2.79 bits per heavy atom. The molecule has 0 aromatic heterocycles. The Morgan fingerprint density at radius 2 is 2.12 bits per heavy atom. The molecule has 2 aliphatic heterocycles. The van der Waals surface area contributed by atoms with Gasteiger partial charge in [-0.2, -0.15) is 0 Å². The van der Waals surface area contributed by atoms with Crippen LogP contribution in [-0.4, -0.2) is 50.0 Å². The van der Waals surface area contributed by atoms with E-state index in [9.17, 15) is 4.79 Å². The van der Waals surface area contributed by atoms with E-state index in [4.69, 9.17) is 0 Å². The monoisotopic (exact) mass is 448 g/mol. The summed E-state index contributed by atoms with van der Waals surface area (Å²) in [4.78, 5) is 18.5. The summed E-state index contributed by atoms with van der Waals surface area (Å²) >= 11 is 0. The second-order valence-electron chi connectivity index (χ2n) is 7.75. The van der Waals surface area contributed by atoms with Crippen LogP contribution >= 0.6 is 24.0 Å². The molecule has 3 aliphatic rings. The average molecular weight is 448 g/mol. The average Bonchev–Trinajstić information content (AvgIpc) is 2.92. The minimum absolute atomic E-state index is 0. The number of nitrogens with one attached hydrogen (secondary N) is 2. The number of carbonyl (C=O) groups excluding carboxylic acids is 1. The molecule has 0 aromatic rings. The summed E-state index contributed by atoms with van der Waals surface area (Å²) in [6.45, 7) is 3.87. The lowest BCUT2D eigenvalue weighted by Gasteiger charge is -2.40. The van der Waals surface area contributed by atoms with Crippen LogP contribution in [0.25, 0.3) is 0 Å².